The molecule has 2 N–H and O–H groups in total. The molecule has 9 nitrogen and oxygen atoms in total. The lowest BCUT2D eigenvalue weighted by atomic mass is 9.84. The first-order valence-corrected chi connectivity index (χ1v) is 13.2. The highest BCUT2D eigenvalue weighted by Gasteiger charge is 2.49. The van der Waals surface area contributed by atoms with E-state index in [4.69, 9.17) is 4.74 Å². The second kappa shape index (κ2) is 11.4. The summed E-state index contributed by atoms with van der Waals surface area (Å²) >= 11 is 0. The minimum Gasteiger partial charge on any atom is -0.487 e. The number of amides is 2. The van der Waals surface area contributed by atoms with Crippen LogP contribution in [0.15, 0.2) is 23.1 Å². The van der Waals surface area contributed by atoms with Crippen LogP contribution in [0.3, 0.4) is 0 Å². The highest BCUT2D eigenvalue weighted by Crippen LogP contribution is 2.42. The van der Waals surface area contributed by atoms with Crippen molar-refractivity contribution < 1.29 is 37.4 Å². The van der Waals surface area contributed by atoms with Crippen molar-refractivity contribution in [1.82, 2.24) is 14.8 Å². The second-order valence-corrected chi connectivity index (χ2v) is 10.5. The first-order chi connectivity index (χ1) is 18.9. The predicted molar refractivity (Wildman–Crippen MR) is 138 cm³/mol. The highest BCUT2D eigenvalue weighted by atomic mass is 19.1. The van der Waals surface area contributed by atoms with Gasteiger partial charge in [0.25, 0.3) is 11.8 Å². The van der Waals surface area contributed by atoms with Gasteiger partial charge in [-0.05, 0) is 33.1 Å². The number of rotatable bonds is 9. The Labute approximate surface area is 228 Å². The maximum atomic E-state index is 14.1. The number of nitrogens with zero attached hydrogens (tertiary/aromatic N) is 2. The van der Waals surface area contributed by atoms with Gasteiger partial charge in [0, 0.05) is 49.4 Å². The van der Waals surface area contributed by atoms with Crippen LogP contribution >= 0.6 is 0 Å². The largest absolute Gasteiger partial charge is 0.487 e. The third-order valence-corrected chi connectivity index (χ3v) is 7.58. The van der Waals surface area contributed by atoms with Crippen LogP contribution in [0.1, 0.15) is 85.3 Å². The van der Waals surface area contributed by atoms with E-state index >= 15 is 0 Å². The summed E-state index contributed by atoms with van der Waals surface area (Å²) in [6.45, 7) is 4.47. The molecular formula is C28H32F3N3O6. The van der Waals surface area contributed by atoms with Crippen LogP contribution in [-0.2, 0) is 11.3 Å². The third kappa shape index (κ3) is 5.49. The predicted octanol–water partition coefficient (Wildman–Crippen LogP) is 3.26. The molecule has 0 unspecified atom stereocenters. The summed E-state index contributed by atoms with van der Waals surface area (Å²) in [5.41, 5.74) is -3.72. The molecule has 2 bridgehead atoms. The Balaban J connectivity index is 1.83. The number of hydrogen-bond donors (Lipinski definition) is 2. The van der Waals surface area contributed by atoms with Gasteiger partial charge in [-0.25, -0.2) is 13.2 Å². The number of aliphatic hydroxyl groups is 1. The van der Waals surface area contributed by atoms with Gasteiger partial charge in [-0.15, -0.1) is 0 Å². The SMILES string of the molecule is CCCCOc1c2n(cc(C(=O)NCc3c(F)cc(F)cc3F)c1=O)[C@@H]1CN(C2=O)[C@@H](C)CC[C@@]1(O)CC(C)=O. The number of Topliss-reactive ketones (excluding diaryl/α,β-unsaturated/α-hetero) is 1. The Morgan fingerprint density at radius 3 is 2.50 bits per heavy atom. The zero-order valence-electron chi connectivity index (χ0n) is 22.6. The van der Waals surface area contributed by atoms with Crippen molar-refractivity contribution in [3.8, 4) is 5.75 Å². The Morgan fingerprint density at radius 2 is 1.88 bits per heavy atom. The normalized spacial score (nSPS) is 22.0. The van der Waals surface area contributed by atoms with E-state index in [2.05, 4.69) is 5.32 Å². The number of carbonyl (C=O) groups excluding carboxylic acids is 3. The van der Waals surface area contributed by atoms with Crippen molar-refractivity contribution in [1.29, 1.82) is 0 Å². The molecule has 0 aliphatic carbocycles. The molecule has 1 fully saturated rings. The van der Waals surface area contributed by atoms with Crippen molar-refractivity contribution >= 4 is 17.6 Å². The van der Waals surface area contributed by atoms with E-state index in [0.717, 1.165) is 12.6 Å². The lowest BCUT2D eigenvalue weighted by Crippen LogP contribution is -2.53. The molecule has 3 heterocycles. The van der Waals surface area contributed by atoms with E-state index in [0.29, 0.717) is 25.0 Å². The maximum absolute atomic E-state index is 14.1. The van der Waals surface area contributed by atoms with E-state index < -0.39 is 64.0 Å². The number of benzene rings is 1. The molecule has 2 amide bonds. The zero-order valence-corrected chi connectivity index (χ0v) is 22.6. The van der Waals surface area contributed by atoms with Crippen molar-refractivity contribution in [3.05, 3.63) is 62.8 Å². The fraction of sp³-hybridized carbons (Fsp3) is 0.500. The number of fused-ring (bicyclic) bond motifs is 4. The summed E-state index contributed by atoms with van der Waals surface area (Å²) in [4.78, 5) is 54.1. The molecule has 3 atom stereocenters. The quantitative estimate of drug-likeness (QED) is 0.453. The minimum atomic E-state index is -1.59. The zero-order chi connectivity index (χ0) is 29.4. The van der Waals surface area contributed by atoms with Crippen molar-refractivity contribution in [3.63, 3.8) is 0 Å². The summed E-state index contributed by atoms with van der Waals surface area (Å²) in [5, 5.41) is 14.0. The van der Waals surface area contributed by atoms with Gasteiger partial charge in [0.1, 0.15) is 28.8 Å². The lowest BCUT2D eigenvalue weighted by molar-refractivity contribution is -0.124. The molecule has 4 rings (SSSR count). The number of ketones is 1. The van der Waals surface area contributed by atoms with Crippen LogP contribution in [0.25, 0.3) is 0 Å². The van der Waals surface area contributed by atoms with Crippen LogP contribution in [0, 0.1) is 17.5 Å². The van der Waals surface area contributed by atoms with Gasteiger partial charge in [0.2, 0.25) is 5.43 Å². The molecule has 0 saturated carbocycles. The topological polar surface area (TPSA) is 118 Å². The molecule has 1 aromatic carbocycles. The van der Waals surface area contributed by atoms with Gasteiger partial charge in [-0.1, -0.05) is 13.3 Å². The standard InChI is InChI=1S/C28H32F3N3O6/c1-4-5-8-40-25-23-27(38)33-14-22(28(39,11-16(3)35)7-6-15(33)2)34(23)13-19(24(25)36)26(37)32-12-18-20(30)9-17(29)10-21(18)31/h9-10,13,15,22,39H,4-8,11-12,14H2,1-3H3,(H,32,37)/t15-,22+,28+/m0/s1. The molecule has 2 aliphatic heterocycles. The number of hydrogen-bond acceptors (Lipinski definition) is 6. The number of pyridine rings is 1. The molecule has 0 radical (unpaired) electrons. The number of unbranched alkanes of at least 4 members (excludes halogenated alkanes) is 1. The van der Waals surface area contributed by atoms with Gasteiger partial charge in [-0.2, -0.15) is 0 Å². The third-order valence-electron chi connectivity index (χ3n) is 7.58. The average Bonchev–Trinajstić information content (AvgIpc) is 2.97. The molecule has 12 heteroatoms. The van der Waals surface area contributed by atoms with Crippen molar-refractivity contribution in [2.24, 2.45) is 0 Å². The Hall–Kier alpha value is -3.67. The lowest BCUT2D eigenvalue weighted by Gasteiger charge is -2.42. The van der Waals surface area contributed by atoms with Crippen LogP contribution in [0.4, 0.5) is 13.2 Å². The summed E-state index contributed by atoms with van der Waals surface area (Å²) in [6.07, 6.45) is 2.76. The smallest absolute Gasteiger partial charge is 0.274 e. The van der Waals surface area contributed by atoms with Gasteiger partial charge in [-0.3, -0.25) is 19.2 Å². The van der Waals surface area contributed by atoms with E-state index in [1.54, 1.807) is 0 Å². The molecular weight excluding hydrogens is 531 g/mol. The van der Waals surface area contributed by atoms with E-state index in [9.17, 15) is 37.5 Å². The van der Waals surface area contributed by atoms with Gasteiger partial charge in [0.15, 0.2) is 11.4 Å². The molecule has 0 spiro atoms. The van der Waals surface area contributed by atoms with Gasteiger partial charge >= 0.3 is 0 Å². The number of aromatic nitrogens is 1. The van der Waals surface area contributed by atoms with Crippen LogP contribution < -0.4 is 15.5 Å². The van der Waals surface area contributed by atoms with E-state index in [1.165, 1.54) is 16.4 Å². The molecule has 2 aromatic rings. The van der Waals surface area contributed by atoms with Crippen LogP contribution in [0.2, 0.25) is 0 Å². The highest BCUT2D eigenvalue weighted by molar-refractivity contribution is 5.99. The van der Waals surface area contributed by atoms with Crippen molar-refractivity contribution in [2.45, 2.75) is 77.1 Å². The molecule has 1 saturated heterocycles. The second-order valence-electron chi connectivity index (χ2n) is 10.5. The Bertz CT molecular complexity index is 1390. The number of carbonyl (C=O) groups is 3. The summed E-state index contributed by atoms with van der Waals surface area (Å²) in [6, 6.07) is -0.246. The van der Waals surface area contributed by atoms with E-state index in [-0.39, 0.29) is 49.3 Å². The molecule has 216 valence electrons. The fourth-order valence-corrected chi connectivity index (χ4v) is 5.40. The maximum Gasteiger partial charge on any atom is 0.274 e. The number of ether oxygens (including phenoxy) is 1. The molecule has 2 aliphatic rings. The van der Waals surface area contributed by atoms with Gasteiger partial charge in [0.05, 0.1) is 18.2 Å². The van der Waals surface area contributed by atoms with Crippen molar-refractivity contribution in [2.75, 3.05) is 13.2 Å². The summed E-state index contributed by atoms with van der Waals surface area (Å²) in [5.74, 6) is -5.73. The fourth-order valence-electron chi connectivity index (χ4n) is 5.40. The summed E-state index contributed by atoms with van der Waals surface area (Å²) in [7, 11) is 0. The first-order valence-electron chi connectivity index (χ1n) is 13.2. The number of nitrogens with one attached hydrogen (secondary N) is 1. The molecule has 1 aromatic heterocycles. The number of halogens is 3. The van der Waals surface area contributed by atoms with Crippen LogP contribution in [-0.4, -0.2) is 57.0 Å². The minimum absolute atomic E-state index is 0.0289. The van der Waals surface area contributed by atoms with E-state index in [1.807, 2.05) is 13.8 Å². The average molecular weight is 564 g/mol. The first kappa shape index (κ1) is 29.3. The summed E-state index contributed by atoms with van der Waals surface area (Å²) < 4.78 is 48.7. The van der Waals surface area contributed by atoms with Crippen LogP contribution in [0.5, 0.6) is 5.75 Å². The Morgan fingerprint density at radius 1 is 1.20 bits per heavy atom. The van der Waals surface area contributed by atoms with Gasteiger partial charge < -0.3 is 24.6 Å². The Kier molecular flexibility index (Phi) is 8.38. The monoisotopic (exact) mass is 563 g/mol. The molecule has 40 heavy (non-hydrogen) atoms.